The van der Waals surface area contributed by atoms with E-state index in [0.29, 0.717) is 5.02 Å². The van der Waals surface area contributed by atoms with Crippen LogP contribution >= 0.6 is 58.0 Å². The van der Waals surface area contributed by atoms with Crippen molar-refractivity contribution in [3.63, 3.8) is 0 Å². The molecule has 1 heterocycles. The minimum Gasteiger partial charge on any atom is -0.354 e. The van der Waals surface area contributed by atoms with Crippen LogP contribution in [0.4, 0.5) is 0 Å². The van der Waals surface area contributed by atoms with E-state index in [1.54, 1.807) is 6.07 Å². The molecule has 1 saturated heterocycles. The Hall–Kier alpha value is -1.000. The Morgan fingerprint density at radius 3 is 1.96 bits per heavy atom. The fourth-order valence-corrected chi connectivity index (χ4v) is 5.04. The molecule has 0 aromatic heterocycles. The maximum absolute atomic E-state index is 12.2. The van der Waals surface area contributed by atoms with Gasteiger partial charge in [-0.25, -0.2) is 0 Å². The molecule has 0 radical (unpaired) electrons. The number of ether oxygens (including phenoxy) is 1. The molecule has 2 nitrogen and oxygen atoms in total. The molecule has 0 unspecified atom stereocenters. The molecular formula is C20H11Cl5O2. The van der Waals surface area contributed by atoms with Gasteiger partial charge in [-0.3, -0.25) is 4.79 Å². The van der Waals surface area contributed by atoms with Crippen molar-refractivity contribution in [2.75, 3.05) is 0 Å². The highest BCUT2D eigenvalue weighted by Crippen LogP contribution is 2.65. The van der Waals surface area contributed by atoms with Crippen LogP contribution in [-0.4, -0.2) is 11.4 Å². The van der Waals surface area contributed by atoms with Crippen LogP contribution in [0.3, 0.4) is 0 Å². The summed E-state index contributed by atoms with van der Waals surface area (Å²) >= 11 is 31.5. The van der Waals surface area contributed by atoms with Gasteiger partial charge in [0.2, 0.25) is 5.78 Å². The van der Waals surface area contributed by atoms with E-state index in [1.807, 2.05) is 48.5 Å². The minimum absolute atomic E-state index is 0.0377. The number of allylic oxidation sites excluding steroid dienone is 2. The summed E-state index contributed by atoms with van der Waals surface area (Å²) in [6, 6.07) is 17.0. The molecule has 27 heavy (non-hydrogen) atoms. The Morgan fingerprint density at radius 2 is 1.37 bits per heavy atom. The van der Waals surface area contributed by atoms with Gasteiger partial charge in [0.05, 0.1) is 22.1 Å². The zero-order valence-corrected chi connectivity index (χ0v) is 17.3. The van der Waals surface area contributed by atoms with Crippen LogP contribution in [0.25, 0.3) is 0 Å². The van der Waals surface area contributed by atoms with Gasteiger partial charge in [0.15, 0.2) is 5.60 Å². The summed E-state index contributed by atoms with van der Waals surface area (Å²) in [6.45, 7) is 0. The van der Waals surface area contributed by atoms with Gasteiger partial charge in [0.1, 0.15) is 10.1 Å². The number of hydrogen-bond acceptors (Lipinski definition) is 2. The van der Waals surface area contributed by atoms with Crippen molar-refractivity contribution in [1.82, 2.24) is 0 Å². The minimum atomic E-state index is -1.31. The molecule has 1 aliphatic carbocycles. The molecule has 0 amide bonds. The molecule has 7 heteroatoms. The Morgan fingerprint density at radius 1 is 0.778 bits per heavy atom. The lowest BCUT2D eigenvalue weighted by molar-refractivity contribution is -0.183. The van der Waals surface area contributed by atoms with E-state index in [4.69, 9.17) is 62.7 Å². The van der Waals surface area contributed by atoms with E-state index in [-0.39, 0.29) is 26.0 Å². The Bertz CT molecular complexity index is 968. The number of carbonyl (C=O) groups excluding carboxylic acids is 1. The van der Waals surface area contributed by atoms with Gasteiger partial charge in [0.25, 0.3) is 0 Å². The maximum Gasteiger partial charge on any atom is 0.218 e. The quantitative estimate of drug-likeness (QED) is 0.488. The number of rotatable bonds is 2. The summed E-state index contributed by atoms with van der Waals surface area (Å²) in [6.07, 6.45) is -0.393. The summed E-state index contributed by atoms with van der Waals surface area (Å²) in [4.78, 5) is 12.2. The fraction of sp³-hybridized carbons (Fsp3) is 0.150. The van der Waals surface area contributed by atoms with Crippen molar-refractivity contribution in [3.8, 4) is 0 Å². The Balaban J connectivity index is 1.91. The van der Waals surface area contributed by atoms with Crippen molar-refractivity contribution < 1.29 is 9.53 Å². The molecule has 1 aliphatic heterocycles. The lowest BCUT2D eigenvalue weighted by Crippen LogP contribution is -2.56. The SMILES string of the molecule is O=C1C(Cl)=C(Cl)C2(O[C@H](c3cccc(Cl)c3)[C@H]2c2ccccc2)C(Cl)=C1Cl. The van der Waals surface area contributed by atoms with Crippen molar-refractivity contribution in [1.29, 1.82) is 0 Å². The van der Waals surface area contributed by atoms with Crippen molar-refractivity contribution >= 4 is 63.8 Å². The third kappa shape index (κ3) is 2.86. The first-order valence-corrected chi connectivity index (χ1v) is 9.91. The maximum atomic E-state index is 12.2. The smallest absolute Gasteiger partial charge is 0.218 e. The normalized spacial score (nSPS) is 24.4. The van der Waals surface area contributed by atoms with Crippen LogP contribution in [0.1, 0.15) is 23.1 Å². The highest BCUT2D eigenvalue weighted by atomic mass is 35.5. The number of Topliss-reactive ketones (excluding diaryl/α,β-unsaturated/α-hetero) is 1. The van der Waals surface area contributed by atoms with Crippen molar-refractivity contribution in [2.45, 2.75) is 17.6 Å². The number of halogens is 5. The third-order valence-corrected chi connectivity index (χ3v) is 6.92. The summed E-state index contributed by atoms with van der Waals surface area (Å²) in [5.74, 6) is -0.951. The summed E-state index contributed by atoms with van der Waals surface area (Å²) in [7, 11) is 0. The van der Waals surface area contributed by atoms with Crippen molar-refractivity contribution in [3.05, 3.63) is 90.9 Å². The van der Waals surface area contributed by atoms with Gasteiger partial charge in [0, 0.05) is 5.02 Å². The molecule has 2 atom stereocenters. The molecule has 2 aliphatic rings. The molecule has 0 bridgehead atoms. The summed E-state index contributed by atoms with van der Waals surface area (Å²) in [5, 5.41) is 0.293. The zero-order chi connectivity index (χ0) is 19.3. The Labute approximate surface area is 181 Å². The van der Waals surface area contributed by atoms with E-state index in [1.165, 1.54) is 0 Å². The predicted octanol–water partition coefficient (Wildman–Crippen LogP) is 6.90. The van der Waals surface area contributed by atoms with E-state index >= 15 is 0 Å². The second-order valence-corrected chi connectivity index (χ2v) is 8.25. The zero-order valence-electron chi connectivity index (χ0n) is 13.6. The van der Waals surface area contributed by atoms with Gasteiger partial charge in [-0.1, -0.05) is 100 Å². The topological polar surface area (TPSA) is 26.3 Å². The van der Waals surface area contributed by atoms with E-state index < -0.39 is 17.5 Å². The molecule has 2 aromatic carbocycles. The predicted molar refractivity (Wildman–Crippen MR) is 110 cm³/mol. The number of hydrogen-bond donors (Lipinski definition) is 0. The summed E-state index contributed by atoms with van der Waals surface area (Å²) < 4.78 is 6.23. The van der Waals surface area contributed by atoms with Crippen LogP contribution < -0.4 is 0 Å². The average molecular weight is 461 g/mol. The second kappa shape index (κ2) is 7.11. The van der Waals surface area contributed by atoms with Gasteiger partial charge in [-0.05, 0) is 23.3 Å². The Kier molecular flexibility index (Phi) is 5.09. The van der Waals surface area contributed by atoms with E-state index in [0.717, 1.165) is 11.1 Å². The van der Waals surface area contributed by atoms with Gasteiger partial charge < -0.3 is 4.74 Å². The molecular weight excluding hydrogens is 449 g/mol. The highest BCUT2D eigenvalue weighted by molar-refractivity contribution is 6.61. The first-order chi connectivity index (χ1) is 12.9. The number of ketones is 1. The van der Waals surface area contributed by atoms with Gasteiger partial charge >= 0.3 is 0 Å². The average Bonchev–Trinajstić information content (AvgIpc) is 2.65. The lowest BCUT2D eigenvalue weighted by atomic mass is 9.68. The monoisotopic (exact) mass is 458 g/mol. The molecule has 138 valence electrons. The second-order valence-electron chi connectivity index (χ2n) is 6.30. The van der Waals surface area contributed by atoms with Crippen LogP contribution in [0.2, 0.25) is 5.02 Å². The molecule has 0 N–H and O–H groups in total. The van der Waals surface area contributed by atoms with Crippen LogP contribution in [-0.2, 0) is 9.53 Å². The van der Waals surface area contributed by atoms with E-state index in [2.05, 4.69) is 0 Å². The first-order valence-electron chi connectivity index (χ1n) is 8.02. The highest BCUT2D eigenvalue weighted by Gasteiger charge is 2.64. The van der Waals surface area contributed by atoms with Gasteiger partial charge in [-0.2, -0.15) is 0 Å². The van der Waals surface area contributed by atoms with Crippen LogP contribution in [0, 0.1) is 0 Å². The third-order valence-electron chi connectivity index (χ3n) is 4.83. The lowest BCUT2D eigenvalue weighted by Gasteiger charge is -2.56. The standard InChI is InChI=1S/C20H11Cl5O2/c21-12-8-4-7-11(9-12)17-13(10-5-2-1-3-6-10)20(27-17)18(24)14(22)16(26)15(23)19(20)25/h1-9,13,17H/t13-,17-/m1/s1. The first kappa shape index (κ1) is 19.3. The van der Waals surface area contributed by atoms with Crippen LogP contribution in [0.5, 0.6) is 0 Å². The summed E-state index contributed by atoms with van der Waals surface area (Å²) in [5.41, 5.74) is 0.479. The van der Waals surface area contributed by atoms with Crippen molar-refractivity contribution in [2.24, 2.45) is 0 Å². The van der Waals surface area contributed by atoms with E-state index in [9.17, 15) is 4.79 Å². The molecule has 0 saturated carbocycles. The number of benzene rings is 2. The molecule has 1 fully saturated rings. The molecule has 2 aromatic rings. The van der Waals surface area contributed by atoms with Gasteiger partial charge in [-0.15, -0.1) is 0 Å². The molecule has 1 spiro atoms. The van der Waals surface area contributed by atoms with Crippen LogP contribution in [0.15, 0.2) is 74.7 Å². The number of carbonyl (C=O) groups is 1. The largest absolute Gasteiger partial charge is 0.354 e. The molecule has 4 rings (SSSR count). The fourth-order valence-electron chi connectivity index (χ4n) is 3.59.